The third-order valence-corrected chi connectivity index (χ3v) is 6.32. The predicted molar refractivity (Wildman–Crippen MR) is 118 cm³/mol. The van der Waals surface area contributed by atoms with Crippen LogP contribution in [0.5, 0.6) is 0 Å². The molecule has 0 bridgehead atoms. The average Bonchev–Trinajstić information content (AvgIpc) is 3.38. The van der Waals surface area contributed by atoms with Gasteiger partial charge in [-0.2, -0.15) is 5.10 Å². The molecule has 0 radical (unpaired) electrons. The van der Waals surface area contributed by atoms with Gasteiger partial charge in [0, 0.05) is 18.6 Å². The Bertz CT molecular complexity index is 1330. The van der Waals surface area contributed by atoms with Gasteiger partial charge in [0.05, 0.1) is 17.8 Å². The number of fused-ring (bicyclic) bond motifs is 4. The molecular weight excluding hydrogens is 392 g/mol. The highest BCUT2D eigenvalue weighted by molar-refractivity contribution is 5.83. The van der Waals surface area contributed by atoms with Gasteiger partial charge in [0.2, 0.25) is 5.91 Å². The molecule has 3 heterocycles. The second kappa shape index (κ2) is 7.72. The van der Waals surface area contributed by atoms with Gasteiger partial charge >= 0.3 is 0 Å². The maximum absolute atomic E-state index is 13.3. The number of aryl methyl sites for hydroxylation is 2. The van der Waals surface area contributed by atoms with E-state index in [0.29, 0.717) is 23.9 Å². The lowest BCUT2D eigenvalue weighted by molar-refractivity contribution is -0.125. The molecule has 4 aromatic rings. The quantitative estimate of drug-likeness (QED) is 0.532. The molecule has 1 amide bonds. The Morgan fingerprint density at radius 1 is 1.26 bits per heavy atom. The van der Waals surface area contributed by atoms with Gasteiger partial charge < -0.3 is 9.73 Å². The third-order valence-electron chi connectivity index (χ3n) is 6.32. The molecule has 0 saturated carbocycles. The monoisotopic (exact) mass is 418 g/mol. The molecule has 0 fully saturated rings. The van der Waals surface area contributed by atoms with E-state index in [1.54, 1.807) is 12.3 Å². The number of amides is 1. The zero-order valence-electron chi connectivity index (χ0n) is 17.8. The third kappa shape index (κ3) is 3.15. The van der Waals surface area contributed by atoms with E-state index in [1.165, 1.54) is 15.8 Å². The van der Waals surface area contributed by atoms with Gasteiger partial charge in [-0.1, -0.05) is 38.1 Å². The standard InChI is InChI=1S/C24H26N4O3/c1-3-18(23(29)25-17-11-7-9-15-8-5-6-10-16(15)17)28-24(30)20-14-21-19(12-13-31-21)27(20)22(4-2)26-28/h5-6,8,10,12-14,17-18H,3-4,7,9,11H2,1-2H3,(H,25,29)/t17-,18-/m1/s1. The summed E-state index contributed by atoms with van der Waals surface area (Å²) in [6.07, 6.45) is 5.67. The topological polar surface area (TPSA) is 81.5 Å². The van der Waals surface area contributed by atoms with E-state index >= 15 is 0 Å². The number of furan rings is 1. The molecule has 5 rings (SSSR count). The zero-order valence-corrected chi connectivity index (χ0v) is 17.8. The molecule has 0 spiro atoms. The maximum Gasteiger partial charge on any atom is 0.291 e. The molecule has 0 aliphatic heterocycles. The Morgan fingerprint density at radius 3 is 2.90 bits per heavy atom. The van der Waals surface area contributed by atoms with Crippen molar-refractivity contribution in [2.75, 3.05) is 0 Å². The lowest BCUT2D eigenvalue weighted by Crippen LogP contribution is -2.41. The lowest BCUT2D eigenvalue weighted by atomic mass is 9.87. The Labute approximate surface area is 179 Å². The van der Waals surface area contributed by atoms with Crippen molar-refractivity contribution in [2.45, 2.75) is 58.0 Å². The van der Waals surface area contributed by atoms with E-state index < -0.39 is 6.04 Å². The molecule has 7 nitrogen and oxygen atoms in total. The van der Waals surface area contributed by atoms with Gasteiger partial charge in [0.25, 0.3) is 5.56 Å². The first-order chi connectivity index (χ1) is 15.1. The maximum atomic E-state index is 13.3. The van der Waals surface area contributed by atoms with Crippen LogP contribution in [0.25, 0.3) is 16.6 Å². The van der Waals surface area contributed by atoms with Crippen LogP contribution in [0.15, 0.2) is 51.9 Å². The molecule has 160 valence electrons. The fourth-order valence-corrected chi connectivity index (χ4v) is 4.77. The van der Waals surface area contributed by atoms with Crippen molar-refractivity contribution >= 4 is 22.5 Å². The summed E-state index contributed by atoms with van der Waals surface area (Å²) in [5, 5.41) is 7.81. The van der Waals surface area contributed by atoms with E-state index in [-0.39, 0.29) is 17.5 Å². The van der Waals surface area contributed by atoms with Gasteiger partial charge in [-0.3, -0.25) is 14.0 Å². The summed E-state index contributed by atoms with van der Waals surface area (Å²) in [4.78, 5) is 26.6. The van der Waals surface area contributed by atoms with E-state index in [4.69, 9.17) is 4.42 Å². The van der Waals surface area contributed by atoms with Crippen LogP contribution in [0.1, 0.15) is 62.1 Å². The second-order valence-corrected chi connectivity index (χ2v) is 8.13. The van der Waals surface area contributed by atoms with Gasteiger partial charge in [-0.15, -0.1) is 0 Å². The first kappa shape index (κ1) is 19.6. The van der Waals surface area contributed by atoms with Gasteiger partial charge in [0.1, 0.15) is 17.4 Å². The Hall–Kier alpha value is -3.35. The van der Waals surface area contributed by atoms with Crippen molar-refractivity contribution in [1.82, 2.24) is 19.5 Å². The Morgan fingerprint density at radius 2 is 2.10 bits per heavy atom. The number of hydrogen-bond acceptors (Lipinski definition) is 4. The molecule has 1 aliphatic rings. The normalized spacial score (nSPS) is 17.0. The summed E-state index contributed by atoms with van der Waals surface area (Å²) in [6, 6.07) is 11.1. The predicted octanol–water partition coefficient (Wildman–Crippen LogP) is 3.95. The number of benzene rings is 1. The smallest absolute Gasteiger partial charge is 0.291 e. The van der Waals surface area contributed by atoms with E-state index in [9.17, 15) is 9.59 Å². The van der Waals surface area contributed by atoms with Crippen molar-refractivity contribution in [3.8, 4) is 0 Å². The van der Waals surface area contributed by atoms with Crippen molar-refractivity contribution in [2.24, 2.45) is 0 Å². The summed E-state index contributed by atoms with van der Waals surface area (Å²) in [6.45, 7) is 3.90. The summed E-state index contributed by atoms with van der Waals surface area (Å²) in [5.74, 6) is 0.556. The largest absolute Gasteiger partial charge is 0.463 e. The van der Waals surface area contributed by atoms with Gasteiger partial charge in [-0.25, -0.2) is 4.68 Å². The summed E-state index contributed by atoms with van der Waals surface area (Å²) >= 11 is 0. The number of nitrogens with zero attached hydrogens (tertiary/aromatic N) is 3. The molecule has 2 atom stereocenters. The average molecular weight is 418 g/mol. The number of rotatable bonds is 5. The first-order valence-corrected chi connectivity index (χ1v) is 11.0. The van der Waals surface area contributed by atoms with Crippen LogP contribution in [0.2, 0.25) is 0 Å². The van der Waals surface area contributed by atoms with Crippen LogP contribution in [-0.4, -0.2) is 20.1 Å². The molecule has 31 heavy (non-hydrogen) atoms. The molecule has 0 unspecified atom stereocenters. The Balaban J connectivity index is 1.53. The minimum atomic E-state index is -0.668. The SMILES string of the molecule is CCc1nn([C@H](CC)C(=O)N[C@@H]2CCCc3ccccc32)c(=O)c2cc3occc3n12. The van der Waals surface area contributed by atoms with Crippen LogP contribution in [0, 0.1) is 0 Å². The highest BCUT2D eigenvalue weighted by atomic mass is 16.3. The number of carbonyl (C=O) groups is 1. The van der Waals surface area contributed by atoms with E-state index in [0.717, 1.165) is 30.6 Å². The second-order valence-electron chi connectivity index (χ2n) is 8.13. The number of carbonyl (C=O) groups excluding carboxylic acids is 1. The highest BCUT2D eigenvalue weighted by Gasteiger charge is 2.28. The first-order valence-electron chi connectivity index (χ1n) is 11.0. The molecule has 1 N–H and O–H groups in total. The van der Waals surface area contributed by atoms with Crippen LogP contribution < -0.4 is 10.9 Å². The molecule has 1 aliphatic carbocycles. The Kier molecular flexibility index (Phi) is 4.88. The van der Waals surface area contributed by atoms with Crippen molar-refractivity contribution in [3.05, 3.63) is 70.0 Å². The minimum Gasteiger partial charge on any atom is -0.463 e. The van der Waals surface area contributed by atoms with Crippen LogP contribution in [-0.2, 0) is 17.6 Å². The molecule has 3 aromatic heterocycles. The number of nitrogens with one attached hydrogen (secondary N) is 1. The van der Waals surface area contributed by atoms with Gasteiger partial charge in [0.15, 0.2) is 5.58 Å². The fourth-order valence-electron chi connectivity index (χ4n) is 4.77. The van der Waals surface area contributed by atoms with Crippen molar-refractivity contribution in [3.63, 3.8) is 0 Å². The van der Waals surface area contributed by atoms with Gasteiger partial charge in [-0.05, 0) is 36.8 Å². The molecule has 7 heteroatoms. The lowest BCUT2D eigenvalue weighted by Gasteiger charge is -2.28. The summed E-state index contributed by atoms with van der Waals surface area (Å²) < 4.78 is 8.68. The van der Waals surface area contributed by atoms with Crippen LogP contribution in [0.4, 0.5) is 0 Å². The summed E-state index contributed by atoms with van der Waals surface area (Å²) in [7, 11) is 0. The van der Waals surface area contributed by atoms with E-state index in [1.807, 2.05) is 36.4 Å². The number of hydrogen-bond donors (Lipinski definition) is 1. The molecular formula is C24H26N4O3. The van der Waals surface area contributed by atoms with Crippen molar-refractivity contribution in [1.29, 1.82) is 0 Å². The van der Waals surface area contributed by atoms with Crippen LogP contribution >= 0.6 is 0 Å². The number of aromatic nitrogens is 3. The molecule has 1 aromatic carbocycles. The summed E-state index contributed by atoms with van der Waals surface area (Å²) in [5.41, 5.74) is 4.12. The minimum absolute atomic E-state index is 0.0350. The van der Waals surface area contributed by atoms with Crippen LogP contribution in [0.3, 0.4) is 0 Å². The fraction of sp³-hybridized carbons (Fsp3) is 0.375. The van der Waals surface area contributed by atoms with E-state index in [2.05, 4.69) is 22.5 Å². The zero-order chi connectivity index (χ0) is 21.5. The highest BCUT2D eigenvalue weighted by Crippen LogP contribution is 2.30. The molecule has 0 saturated heterocycles. The van der Waals surface area contributed by atoms with Crippen molar-refractivity contribution < 1.29 is 9.21 Å².